The number of nitrogens with zero attached hydrogens (tertiary/aromatic N) is 1. The van der Waals surface area contributed by atoms with Crippen LogP contribution < -0.4 is 5.32 Å². The zero-order chi connectivity index (χ0) is 13.8. The fourth-order valence-corrected chi connectivity index (χ4v) is 3.20. The fourth-order valence-electron chi connectivity index (χ4n) is 1.57. The second-order valence-electron chi connectivity index (χ2n) is 4.40. The molecule has 1 heterocycles. The number of carbonyl (C=O) groups excluding carboxylic acids is 1. The largest absolute Gasteiger partial charge is 0.301 e. The van der Waals surface area contributed by atoms with Gasteiger partial charge in [-0.2, -0.15) is 0 Å². The van der Waals surface area contributed by atoms with E-state index >= 15 is 0 Å². The molecular weight excluding hydrogens is 276 g/mol. The molecule has 100 valence electrons. The Labute approximate surface area is 121 Å². The molecule has 0 unspecified atom stereocenters. The van der Waals surface area contributed by atoms with E-state index in [1.54, 1.807) is 11.8 Å². The molecule has 5 heteroatoms. The number of thiazole rings is 1. The van der Waals surface area contributed by atoms with Crippen LogP contribution in [0.15, 0.2) is 28.5 Å². The lowest BCUT2D eigenvalue weighted by molar-refractivity contribution is -0.113. The smallest absolute Gasteiger partial charge is 0.236 e. The summed E-state index contributed by atoms with van der Waals surface area (Å²) in [6.07, 6.45) is 0. The van der Waals surface area contributed by atoms with Gasteiger partial charge in [0.05, 0.1) is 11.4 Å². The van der Waals surface area contributed by atoms with Gasteiger partial charge in [0.15, 0.2) is 5.13 Å². The molecule has 2 rings (SSSR count). The number of carbonyl (C=O) groups is 1. The van der Waals surface area contributed by atoms with E-state index < -0.39 is 0 Å². The van der Waals surface area contributed by atoms with Gasteiger partial charge >= 0.3 is 0 Å². The van der Waals surface area contributed by atoms with Crippen molar-refractivity contribution in [2.45, 2.75) is 25.7 Å². The normalized spacial score (nSPS) is 10.5. The molecule has 0 aliphatic carbocycles. The molecule has 0 radical (unpaired) electrons. The fraction of sp³-hybridized carbons (Fsp3) is 0.286. The van der Waals surface area contributed by atoms with Gasteiger partial charge in [0.2, 0.25) is 5.91 Å². The summed E-state index contributed by atoms with van der Waals surface area (Å²) in [4.78, 5) is 17.2. The highest BCUT2D eigenvalue weighted by Gasteiger charge is 2.07. The lowest BCUT2D eigenvalue weighted by Crippen LogP contribution is -2.13. The Hall–Kier alpha value is -1.33. The molecule has 0 saturated carbocycles. The first kappa shape index (κ1) is 14.1. The second kappa shape index (κ2) is 6.21. The van der Waals surface area contributed by atoms with Crippen molar-refractivity contribution in [2.75, 3.05) is 11.1 Å². The Morgan fingerprint density at radius 2 is 2.16 bits per heavy atom. The van der Waals surface area contributed by atoms with Crippen molar-refractivity contribution in [3.63, 3.8) is 0 Å². The Kier molecular flexibility index (Phi) is 4.61. The van der Waals surface area contributed by atoms with Crippen LogP contribution in [0.3, 0.4) is 0 Å². The highest BCUT2D eigenvalue weighted by molar-refractivity contribution is 8.00. The Bertz CT molecular complexity index is 593. The highest BCUT2D eigenvalue weighted by atomic mass is 32.2. The van der Waals surface area contributed by atoms with Crippen molar-refractivity contribution in [1.82, 2.24) is 4.98 Å². The molecule has 1 aromatic heterocycles. The van der Waals surface area contributed by atoms with Crippen LogP contribution in [-0.2, 0) is 4.79 Å². The molecule has 0 atom stereocenters. The molecule has 0 spiro atoms. The van der Waals surface area contributed by atoms with Gasteiger partial charge in [-0.1, -0.05) is 17.7 Å². The van der Waals surface area contributed by atoms with E-state index in [1.165, 1.54) is 22.5 Å². The minimum absolute atomic E-state index is 0.0137. The summed E-state index contributed by atoms with van der Waals surface area (Å²) in [5, 5.41) is 5.41. The van der Waals surface area contributed by atoms with Crippen molar-refractivity contribution in [3.05, 3.63) is 40.4 Å². The number of amides is 1. The second-order valence-corrected chi connectivity index (χ2v) is 6.28. The minimum Gasteiger partial charge on any atom is -0.301 e. The van der Waals surface area contributed by atoms with Crippen LogP contribution in [0.4, 0.5) is 5.13 Å². The predicted octanol–water partition coefficient (Wildman–Crippen LogP) is 3.80. The molecular formula is C14H16N2OS2. The number of aromatic nitrogens is 1. The summed E-state index contributed by atoms with van der Waals surface area (Å²) >= 11 is 3.01. The third-order valence-electron chi connectivity index (χ3n) is 2.57. The lowest BCUT2D eigenvalue weighted by Gasteiger charge is -2.06. The standard InChI is InChI=1S/C14H16N2OS2/c1-9-4-5-10(2)12(6-9)18-8-13(17)16-14-15-11(3)7-19-14/h4-7H,8H2,1-3H3,(H,15,16,17). The molecule has 0 aliphatic heterocycles. The molecule has 0 bridgehead atoms. The Balaban J connectivity index is 1.91. The molecule has 3 nitrogen and oxygen atoms in total. The van der Waals surface area contributed by atoms with Crippen LogP contribution >= 0.6 is 23.1 Å². The number of rotatable bonds is 4. The number of aryl methyl sites for hydroxylation is 3. The van der Waals surface area contributed by atoms with Crippen molar-refractivity contribution in [2.24, 2.45) is 0 Å². The third kappa shape index (κ3) is 4.08. The minimum atomic E-state index is -0.0137. The molecule has 19 heavy (non-hydrogen) atoms. The molecule has 0 aliphatic rings. The van der Waals surface area contributed by atoms with Gasteiger partial charge in [-0.15, -0.1) is 23.1 Å². The summed E-state index contributed by atoms with van der Waals surface area (Å²) in [7, 11) is 0. The molecule has 1 N–H and O–H groups in total. The first-order chi connectivity index (χ1) is 9.04. The Morgan fingerprint density at radius 1 is 1.37 bits per heavy atom. The van der Waals surface area contributed by atoms with Crippen LogP contribution in [0.1, 0.15) is 16.8 Å². The van der Waals surface area contributed by atoms with Crippen LogP contribution in [0, 0.1) is 20.8 Å². The summed E-state index contributed by atoms with van der Waals surface area (Å²) in [5.74, 6) is 0.392. The maximum atomic E-state index is 11.8. The maximum Gasteiger partial charge on any atom is 0.236 e. The topological polar surface area (TPSA) is 42.0 Å². The van der Waals surface area contributed by atoms with E-state index in [4.69, 9.17) is 0 Å². The summed E-state index contributed by atoms with van der Waals surface area (Å²) in [6.45, 7) is 6.03. The van der Waals surface area contributed by atoms with E-state index in [2.05, 4.69) is 42.3 Å². The van der Waals surface area contributed by atoms with E-state index in [-0.39, 0.29) is 5.91 Å². The van der Waals surface area contributed by atoms with Gasteiger partial charge < -0.3 is 5.32 Å². The average molecular weight is 292 g/mol. The molecule has 0 saturated heterocycles. The van der Waals surface area contributed by atoms with Crippen molar-refractivity contribution < 1.29 is 4.79 Å². The monoisotopic (exact) mass is 292 g/mol. The van der Waals surface area contributed by atoms with Crippen LogP contribution in [-0.4, -0.2) is 16.6 Å². The molecule has 2 aromatic rings. The van der Waals surface area contributed by atoms with Crippen LogP contribution in [0.25, 0.3) is 0 Å². The SMILES string of the molecule is Cc1ccc(C)c(SCC(=O)Nc2nc(C)cs2)c1. The number of benzene rings is 1. The number of hydrogen-bond acceptors (Lipinski definition) is 4. The molecule has 0 fully saturated rings. The quantitative estimate of drug-likeness (QED) is 0.872. The first-order valence-corrected chi connectivity index (χ1v) is 7.83. The number of hydrogen-bond donors (Lipinski definition) is 1. The number of nitrogens with one attached hydrogen (secondary N) is 1. The zero-order valence-electron chi connectivity index (χ0n) is 11.2. The summed E-state index contributed by atoms with van der Waals surface area (Å²) in [5.41, 5.74) is 3.35. The van der Waals surface area contributed by atoms with E-state index in [0.717, 1.165) is 10.6 Å². The van der Waals surface area contributed by atoms with E-state index in [9.17, 15) is 4.79 Å². The third-order valence-corrected chi connectivity index (χ3v) is 4.60. The van der Waals surface area contributed by atoms with E-state index in [1.807, 2.05) is 12.3 Å². The van der Waals surface area contributed by atoms with Gasteiger partial charge in [-0.05, 0) is 32.4 Å². The maximum absolute atomic E-state index is 11.8. The summed E-state index contributed by atoms with van der Waals surface area (Å²) in [6, 6.07) is 6.28. The lowest BCUT2D eigenvalue weighted by atomic mass is 10.2. The van der Waals surface area contributed by atoms with Gasteiger partial charge in [0.1, 0.15) is 0 Å². The predicted molar refractivity (Wildman–Crippen MR) is 82.1 cm³/mol. The Morgan fingerprint density at radius 3 is 2.84 bits per heavy atom. The van der Waals surface area contributed by atoms with Crippen LogP contribution in [0.5, 0.6) is 0 Å². The van der Waals surface area contributed by atoms with Crippen molar-refractivity contribution in [1.29, 1.82) is 0 Å². The van der Waals surface area contributed by atoms with Crippen LogP contribution in [0.2, 0.25) is 0 Å². The van der Waals surface area contributed by atoms with Crippen molar-refractivity contribution in [3.8, 4) is 0 Å². The summed E-state index contributed by atoms with van der Waals surface area (Å²) < 4.78 is 0. The number of anilines is 1. The zero-order valence-corrected chi connectivity index (χ0v) is 12.8. The van der Waals surface area contributed by atoms with Crippen molar-refractivity contribution >= 4 is 34.1 Å². The highest BCUT2D eigenvalue weighted by Crippen LogP contribution is 2.24. The first-order valence-electron chi connectivity index (χ1n) is 5.96. The number of thioether (sulfide) groups is 1. The van der Waals surface area contributed by atoms with Gasteiger partial charge in [0.25, 0.3) is 0 Å². The average Bonchev–Trinajstić information content (AvgIpc) is 2.76. The van der Waals surface area contributed by atoms with Gasteiger partial charge in [-0.3, -0.25) is 4.79 Å². The molecule has 1 amide bonds. The molecule has 1 aromatic carbocycles. The van der Waals surface area contributed by atoms with E-state index in [0.29, 0.717) is 10.9 Å². The van der Waals surface area contributed by atoms with Gasteiger partial charge in [-0.25, -0.2) is 4.98 Å². The van der Waals surface area contributed by atoms with Gasteiger partial charge in [0, 0.05) is 10.3 Å².